The van der Waals surface area contributed by atoms with Crippen molar-refractivity contribution < 1.29 is 9.84 Å². The maximum atomic E-state index is 9.36. The van der Waals surface area contributed by atoms with Gasteiger partial charge in [0.2, 0.25) is 0 Å². The summed E-state index contributed by atoms with van der Waals surface area (Å²) in [6.07, 6.45) is 2.03. The number of hydrogen-bond acceptors (Lipinski definition) is 3. The lowest BCUT2D eigenvalue weighted by Gasteiger charge is -2.11. The monoisotopic (exact) mass is 179 g/mol. The van der Waals surface area contributed by atoms with Gasteiger partial charge >= 0.3 is 0 Å². The molecule has 1 fully saturated rings. The van der Waals surface area contributed by atoms with Gasteiger partial charge in [0.05, 0.1) is 5.54 Å². The minimum Gasteiger partial charge on any atom is -0.504 e. The Balaban J connectivity index is 1.97. The molecule has 0 amide bonds. The molecule has 3 heteroatoms. The Labute approximate surface area is 77.1 Å². The fourth-order valence-electron chi connectivity index (χ4n) is 1.11. The molecule has 1 saturated carbocycles. The van der Waals surface area contributed by atoms with Crippen molar-refractivity contribution in [1.82, 2.24) is 0 Å². The molecule has 0 radical (unpaired) electrons. The number of hydrogen-bond donors (Lipinski definition) is 2. The molecule has 3 nitrogen and oxygen atoms in total. The van der Waals surface area contributed by atoms with Gasteiger partial charge in [-0.25, -0.2) is 0 Å². The van der Waals surface area contributed by atoms with E-state index in [0.717, 1.165) is 12.8 Å². The van der Waals surface area contributed by atoms with Crippen LogP contribution in [0.3, 0.4) is 0 Å². The van der Waals surface area contributed by atoms with Gasteiger partial charge in [0.25, 0.3) is 0 Å². The highest BCUT2D eigenvalue weighted by Crippen LogP contribution is 2.34. The highest BCUT2D eigenvalue weighted by atomic mass is 16.5. The van der Waals surface area contributed by atoms with Gasteiger partial charge in [0.1, 0.15) is 6.61 Å². The SMILES string of the molecule is NC1(COc2ccccc2O)CC1. The number of aromatic hydroxyl groups is 1. The summed E-state index contributed by atoms with van der Waals surface area (Å²) in [6.45, 7) is 0.491. The maximum absolute atomic E-state index is 9.36. The van der Waals surface area contributed by atoms with Crippen LogP contribution in [-0.4, -0.2) is 17.3 Å². The first-order valence-corrected chi connectivity index (χ1v) is 4.39. The Morgan fingerprint density at radius 1 is 1.38 bits per heavy atom. The number of phenolic OH excluding ortho intramolecular Hbond substituents is 1. The summed E-state index contributed by atoms with van der Waals surface area (Å²) in [5.41, 5.74) is 5.70. The summed E-state index contributed by atoms with van der Waals surface area (Å²) in [5.74, 6) is 0.686. The van der Waals surface area contributed by atoms with Crippen LogP contribution in [0.1, 0.15) is 12.8 Å². The van der Waals surface area contributed by atoms with Gasteiger partial charge in [-0.3, -0.25) is 0 Å². The third kappa shape index (κ3) is 1.92. The zero-order chi connectivity index (χ0) is 9.31. The first-order chi connectivity index (χ1) is 6.20. The normalized spacial score (nSPS) is 18.2. The second-order valence-corrected chi connectivity index (χ2v) is 3.62. The van der Waals surface area contributed by atoms with Gasteiger partial charge in [0.15, 0.2) is 11.5 Å². The zero-order valence-electron chi connectivity index (χ0n) is 7.36. The molecule has 1 aliphatic rings. The van der Waals surface area contributed by atoms with Crippen molar-refractivity contribution in [3.8, 4) is 11.5 Å². The first kappa shape index (κ1) is 8.38. The Morgan fingerprint density at radius 3 is 2.69 bits per heavy atom. The predicted molar refractivity (Wildman–Crippen MR) is 49.8 cm³/mol. The second kappa shape index (κ2) is 2.92. The Bertz CT molecular complexity index is 308. The van der Waals surface area contributed by atoms with E-state index in [1.165, 1.54) is 0 Å². The largest absolute Gasteiger partial charge is 0.504 e. The number of phenols is 1. The summed E-state index contributed by atoms with van der Waals surface area (Å²) in [7, 11) is 0. The summed E-state index contributed by atoms with van der Waals surface area (Å²) in [4.78, 5) is 0. The molecular formula is C10H13NO2. The van der Waals surface area contributed by atoms with Crippen molar-refractivity contribution in [3.05, 3.63) is 24.3 Å². The molecule has 1 aromatic carbocycles. The minimum atomic E-state index is -0.137. The van der Waals surface area contributed by atoms with Crippen LogP contribution in [0.15, 0.2) is 24.3 Å². The fraction of sp³-hybridized carbons (Fsp3) is 0.400. The van der Waals surface area contributed by atoms with Crippen molar-refractivity contribution in [3.63, 3.8) is 0 Å². The van der Waals surface area contributed by atoms with Crippen molar-refractivity contribution in [1.29, 1.82) is 0 Å². The second-order valence-electron chi connectivity index (χ2n) is 3.62. The molecule has 0 spiro atoms. The van der Waals surface area contributed by atoms with Crippen molar-refractivity contribution in [2.24, 2.45) is 5.73 Å². The van der Waals surface area contributed by atoms with Crippen LogP contribution in [0.4, 0.5) is 0 Å². The lowest BCUT2D eigenvalue weighted by atomic mass is 10.3. The molecule has 70 valence electrons. The molecule has 0 saturated heterocycles. The molecule has 13 heavy (non-hydrogen) atoms. The first-order valence-electron chi connectivity index (χ1n) is 4.39. The van der Waals surface area contributed by atoms with Gasteiger partial charge in [-0.15, -0.1) is 0 Å². The van der Waals surface area contributed by atoms with E-state index >= 15 is 0 Å². The maximum Gasteiger partial charge on any atom is 0.161 e. The lowest BCUT2D eigenvalue weighted by molar-refractivity contribution is 0.267. The van der Waals surface area contributed by atoms with Gasteiger partial charge in [0, 0.05) is 0 Å². The van der Waals surface area contributed by atoms with Crippen LogP contribution in [0, 0.1) is 0 Å². The molecule has 0 bridgehead atoms. The van der Waals surface area contributed by atoms with Crippen LogP contribution in [0.2, 0.25) is 0 Å². The van der Waals surface area contributed by atoms with E-state index in [-0.39, 0.29) is 11.3 Å². The lowest BCUT2D eigenvalue weighted by Crippen LogP contribution is -2.29. The van der Waals surface area contributed by atoms with Crippen LogP contribution >= 0.6 is 0 Å². The quantitative estimate of drug-likeness (QED) is 0.734. The Morgan fingerprint density at radius 2 is 2.08 bits per heavy atom. The van der Waals surface area contributed by atoms with Crippen molar-refractivity contribution in [2.45, 2.75) is 18.4 Å². The molecule has 0 aliphatic heterocycles. The molecule has 3 N–H and O–H groups in total. The Hall–Kier alpha value is -1.22. The predicted octanol–water partition coefficient (Wildman–Crippen LogP) is 1.26. The van der Waals surface area contributed by atoms with E-state index in [0.29, 0.717) is 12.4 Å². The molecule has 0 aromatic heterocycles. The van der Waals surface area contributed by atoms with Gasteiger partial charge in [-0.2, -0.15) is 0 Å². The summed E-state index contributed by atoms with van der Waals surface area (Å²) >= 11 is 0. The van der Waals surface area contributed by atoms with E-state index in [2.05, 4.69) is 0 Å². The fourth-order valence-corrected chi connectivity index (χ4v) is 1.11. The third-order valence-corrected chi connectivity index (χ3v) is 2.27. The van der Waals surface area contributed by atoms with E-state index in [4.69, 9.17) is 10.5 Å². The molecule has 0 heterocycles. The zero-order valence-corrected chi connectivity index (χ0v) is 7.36. The molecule has 1 aromatic rings. The van der Waals surface area contributed by atoms with E-state index < -0.39 is 0 Å². The van der Waals surface area contributed by atoms with E-state index in [1.807, 2.05) is 6.07 Å². The average molecular weight is 179 g/mol. The molecule has 0 unspecified atom stereocenters. The summed E-state index contributed by atoms with van der Waals surface area (Å²) in [6, 6.07) is 6.93. The smallest absolute Gasteiger partial charge is 0.161 e. The van der Waals surface area contributed by atoms with E-state index in [1.54, 1.807) is 18.2 Å². The van der Waals surface area contributed by atoms with Crippen LogP contribution < -0.4 is 10.5 Å². The highest BCUT2D eigenvalue weighted by molar-refractivity contribution is 5.38. The molecule has 1 aliphatic carbocycles. The van der Waals surface area contributed by atoms with Crippen LogP contribution in [0.25, 0.3) is 0 Å². The summed E-state index contributed by atoms with van der Waals surface area (Å²) < 4.78 is 5.39. The average Bonchev–Trinajstić information content (AvgIpc) is 2.83. The standard InChI is InChI=1S/C10H13NO2/c11-10(5-6-10)7-13-9-4-2-1-3-8(9)12/h1-4,12H,5-7,11H2. The van der Waals surface area contributed by atoms with Gasteiger partial charge < -0.3 is 15.6 Å². The Kier molecular flexibility index (Phi) is 1.88. The topological polar surface area (TPSA) is 55.5 Å². The number of rotatable bonds is 3. The van der Waals surface area contributed by atoms with Gasteiger partial charge in [-0.05, 0) is 25.0 Å². The summed E-state index contributed by atoms with van der Waals surface area (Å²) in [5, 5.41) is 9.36. The van der Waals surface area contributed by atoms with Crippen LogP contribution in [-0.2, 0) is 0 Å². The highest BCUT2D eigenvalue weighted by Gasteiger charge is 2.39. The van der Waals surface area contributed by atoms with Crippen molar-refractivity contribution in [2.75, 3.05) is 6.61 Å². The van der Waals surface area contributed by atoms with Crippen LogP contribution in [0.5, 0.6) is 11.5 Å². The third-order valence-electron chi connectivity index (χ3n) is 2.27. The van der Waals surface area contributed by atoms with Gasteiger partial charge in [-0.1, -0.05) is 12.1 Å². The number of para-hydroxylation sites is 2. The number of nitrogens with two attached hydrogens (primary N) is 1. The molecule has 0 atom stereocenters. The van der Waals surface area contributed by atoms with Crippen molar-refractivity contribution >= 4 is 0 Å². The minimum absolute atomic E-state index is 0.137. The van der Waals surface area contributed by atoms with E-state index in [9.17, 15) is 5.11 Å². The number of ether oxygens (including phenoxy) is 1. The molecular weight excluding hydrogens is 166 g/mol. The molecule has 2 rings (SSSR count). The number of benzene rings is 1.